The fourth-order valence-electron chi connectivity index (χ4n) is 4.47. The van der Waals surface area contributed by atoms with Gasteiger partial charge >= 0.3 is 6.01 Å². The minimum atomic E-state index is -0.329. The van der Waals surface area contributed by atoms with Crippen molar-refractivity contribution in [1.29, 1.82) is 0 Å². The van der Waals surface area contributed by atoms with Crippen molar-refractivity contribution >= 4 is 33.4 Å². The molecule has 0 bridgehead atoms. The number of aromatic nitrogens is 4. The van der Waals surface area contributed by atoms with E-state index in [1.807, 2.05) is 19.1 Å². The van der Waals surface area contributed by atoms with Crippen molar-refractivity contribution in [2.75, 3.05) is 36.9 Å². The van der Waals surface area contributed by atoms with Gasteiger partial charge in [0.2, 0.25) is 0 Å². The first-order valence-corrected chi connectivity index (χ1v) is 11.3. The number of nitrogens with one attached hydrogen (secondary N) is 2. The van der Waals surface area contributed by atoms with Crippen LogP contribution in [0.3, 0.4) is 0 Å². The number of halogens is 1. The first kappa shape index (κ1) is 22.1. The second-order valence-corrected chi connectivity index (χ2v) is 8.89. The molecule has 0 amide bonds. The maximum atomic E-state index is 14.5. The Balaban J connectivity index is 1.65. The fraction of sp³-hybridized carbons (Fsp3) is 0.320. The zero-order chi connectivity index (χ0) is 24.0. The lowest BCUT2D eigenvalue weighted by Crippen LogP contribution is -2.43. The topological polar surface area (TPSA) is 105 Å². The van der Waals surface area contributed by atoms with E-state index in [1.54, 1.807) is 13.2 Å². The van der Waals surface area contributed by atoms with Crippen LogP contribution in [0.5, 0.6) is 11.8 Å². The monoisotopic (exact) mass is 461 g/mol. The van der Waals surface area contributed by atoms with Crippen molar-refractivity contribution < 1.29 is 9.13 Å². The molecule has 3 aromatic heterocycles. The van der Waals surface area contributed by atoms with Gasteiger partial charge < -0.3 is 25.7 Å². The van der Waals surface area contributed by atoms with Crippen LogP contribution >= 0.6 is 0 Å². The third-order valence-electron chi connectivity index (χ3n) is 6.28. The summed E-state index contributed by atoms with van der Waals surface area (Å²) in [6.45, 7) is 8.19. The maximum absolute atomic E-state index is 14.5. The van der Waals surface area contributed by atoms with E-state index in [0.717, 1.165) is 22.0 Å². The van der Waals surface area contributed by atoms with Crippen LogP contribution < -0.4 is 20.7 Å². The molecule has 1 saturated heterocycles. The molecular weight excluding hydrogens is 433 g/mol. The van der Waals surface area contributed by atoms with Gasteiger partial charge in [0.15, 0.2) is 0 Å². The molecule has 0 saturated carbocycles. The van der Waals surface area contributed by atoms with E-state index in [2.05, 4.69) is 39.0 Å². The van der Waals surface area contributed by atoms with Crippen molar-refractivity contribution in [3.8, 4) is 11.8 Å². The third-order valence-corrected chi connectivity index (χ3v) is 6.28. The van der Waals surface area contributed by atoms with Gasteiger partial charge in [0.1, 0.15) is 23.0 Å². The number of ether oxygens (including phenoxy) is 1. The number of H-pyrrole nitrogens is 1. The average molecular weight is 462 g/mol. The number of hydrogen-bond acceptors (Lipinski definition) is 7. The summed E-state index contributed by atoms with van der Waals surface area (Å²) in [6, 6.07) is 6.87. The number of fused-ring (bicyclic) bond motifs is 3. The molecule has 0 unspecified atom stereocenters. The van der Waals surface area contributed by atoms with Gasteiger partial charge in [-0.2, -0.15) is 9.97 Å². The summed E-state index contributed by atoms with van der Waals surface area (Å²) in [5.74, 6) is 1.30. The van der Waals surface area contributed by atoms with Crippen molar-refractivity contribution in [1.82, 2.24) is 19.9 Å². The zero-order valence-corrected chi connectivity index (χ0v) is 19.7. The van der Waals surface area contributed by atoms with Gasteiger partial charge in [-0.3, -0.25) is 4.98 Å². The summed E-state index contributed by atoms with van der Waals surface area (Å²) in [5, 5.41) is 4.54. The normalized spacial score (nSPS) is 13.6. The Kier molecular flexibility index (Phi) is 5.57. The predicted octanol–water partition coefficient (Wildman–Crippen LogP) is 4.52. The third kappa shape index (κ3) is 3.81. The SMILES string of the molecule is CNc1cc(F)cc2c1[nH]c1nc(Oc3ccc(C)nc3)nc(N3CC(=C(CN)C(C)C)C3)c12. The van der Waals surface area contributed by atoms with Gasteiger partial charge in [-0.25, -0.2) is 4.39 Å². The number of nitrogens with zero attached hydrogens (tertiary/aromatic N) is 4. The number of rotatable bonds is 6. The van der Waals surface area contributed by atoms with E-state index in [9.17, 15) is 4.39 Å². The first-order valence-electron chi connectivity index (χ1n) is 11.3. The van der Waals surface area contributed by atoms with Crippen LogP contribution in [0.4, 0.5) is 15.9 Å². The number of aryl methyl sites for hydroxylation is 1. The van der Waals surface area contributed by atoms with Crippen LogP contribution in [0.1, 0.15) is 19.5 Å². The molecule has 1 aliphatic rings. The molecule has 4 aromatic rings. The molecule has 0 atom stereocenters. The summed E-state index contributed by atoms with van der Waals surface area (Å²) < 4.78 is 20.4. The minimum Gasteiger partial charge on any atom is -0.423 e. The number of benzene rings is 1. The molecule has 9 heteroatoms. The Morgan fingerprint density at radius 2 is 2.06 bits per heavy atom. The van der Waals surface area contributed by atoms with Crippen LogP contribution in [0.25, 0.3) is 21.9 Å². The Hall–Kier alpha value is -3.72. The van der Waals surface area contributed by atoms with Gasteiger partial charge in [0.05, 0.1) is 22.8 Å². The molecule has 176 valence electrons. The van der Waals surface area contributed by atoms with Gasteiger partial charge in [0.25, 0.3) is 0 Å². The number of anilines is 2. The standard InChI is InChI=1S/C25H28FN7O/c1-13(2)19(9-27)15-11-33(12-15)24-21-18-7-16(26)8-20(28-4)22(18)30-23(21)31-25(32-24)34-17-6-5-14(3)29-10-17/h5-8,10,13,28H,9,11-12,27H2,1-4H3,(H,30,31,32). The molecule has 0 aliphatic carbocycles. The van der Waals surface area contributed by atoms with Crippen molar-refractivity contribution in [2.45, 2.75) is 20.8 Å². The highest BCUT2D eigenvalue weighted by atomic mass is 19.1. The van der Waals surface area contributed by atoms with Gasteiger partial charge in [0, 0.05) is 37.8 Å². The van der Waals surface area contributed by atoms with Gasteiger partial charge in [-0.05, 0) is 42.7 Å². The quantitative estimate of drug-likeness (QED) is 0.363. The van der Waals surface area contributed by atoms with E-state index >= 15 is 0 Å². The molecule has 0 radical (unpaired) electrons. The first-order chi connectivity index (χ1) is 16.4. The molecular formula is C25H28FN7O. The van der Waals surface area contributed by atoms with Crippen LogP contribution in [0.2, 0.25) is 0 Å². The summed E-state index contributed by atoms with van der Waals surface area (Å²) in [4.78, 5) is 19.1. The lowest BCUT2D eigenvalue weighted by Gasteiger charge is -2.38. The number of pyridine rings is 1. The highest BCUT2D eigenvalue weighted by molar-refractivity contribution is 6.14. The Labute approximate surface area is 197 Å². The van der Waals surface area contributed by atoms with Gasteiger partial charge in [-0.15, -0.1) is 0 Å². The van der Waals surface area contributed by atoms with Crippen LogP contribution in [-0.2, 0) is 0 Å². The second-order valence-electron chi connectivity index (χ2n) is 8.89. The number of hydrogen-bond donors (Lipinski definition) is 3. The largest absolute Gasteiger partial charge is 0.423 e. The van der Waals surface area contributed by atoms with Crippen LogP contribution in [0, 0.1) is 18.7 Å². The Morgan fingerprint density at radius 3 is 2.71 bits per heavy atom. The van der Waals surface area contributed by atoms with Crippen LogP contribution in [0.15, 0.2) is 41.6 Å². The highest BCUT2D eigenvalue weighted by Gasteiger charge is 2.29. The molecule has 1 aliphatic heterocycles. The fourth-order valence-corrected chi connectivity index (χ4v) is 4.47. The van der Waals surface area contributed by atoms with Crippen LogP contribution in [-0.4, -0.2) is 46.6 Å². The van der Waals surface area contributed by atoms with E-state index in [-0.39, 0.29) is 11.8 Å². The van der Waals surface area contributed by atoms with Gasteiger partial charge in [-0.1, -0.05) is 19.4 Å². The Bertz CT molecular complexity index is 1400. The lowest BCUT2D eigenvalue weighted by atomic mass is 9.92. The molecule has 4 heterocycles. The molecule has 5 rings (SSSR count). The van der Waals surface area contributed by atoms with E-state index in [4.69, 9.17) is 15.5 Å². The molecule has 1 fully saturated rings. The van der Waals surface area contributed by atoms with Crippen molar-refractivity contribution in [3.63, 3.8) is 0 Å². The number of aromatic amines is 1. The molecule has 34 heavy (non-hydrogen) atoms. The minimum absolute atomic E-state index is 0.200. The number of nitrogens with two attached hydrogens (primary N) is 1. The predicted molar refractivity (Wildman–Crippen MR) is 133 cm³/mol. The molecule has 0 spiro atoms. The second kappa shape index (κ2) is 8.57. The molecule has 8 nitrogen and oxygen atoms in total. The smallest absolute Gasteiger partial charge is 0.326 e. The maximum Gasteiger partial charge on any atom is 0.326 e. The summed E-state index contributed by atoms with van der Waals surface area (Å²) >= 11 is 0. The Morgan fingerprint density at radius 1 is 1.26 bits per heavy atom. The summed E-state index contributed by atoms with van der Waals surface area (Å²) in [5.41, 5.74) is 11.5. The molecule has 1 aromatic carbocycles. The highest BCUT2D eigenvalue weighted by Crippen LogP contribution is 2.39. The summed E-state index contributed by atoms with van der Waals surface area (Å²) in [7, 11) is 1.76. The summed E-state index contributed by atoms with van der Waals surface area (Å²) in [6.07, 6.45) is 1.64. The van der Waals surface area contributed by atoms with E-state index in [1.165, 1.54) is 23.3 Å². The van der Waals surface area contributed by atoms with E-state index in [0.29, 0.717) is 48.5 Å². The molecule has 4 N–H and O–H groups in total. The lowest BCUT2D eigenvalue weighted by molar-refractivity contribution is 0.441. The van der Waals surface area contributed by atoms with Crippen molar-refractivity contribution in [3.05, 3.63) is 53.1 Å². The average Bonchev–Trinajstić information content (AvgIpc) is 3.14. The van der Waals surface area contributed by atoms with Crippen molar-refractivity contribution in [2.24, 2.45) is 11.7 Å². The van der Waals surface area contributed by atoms with E-state index < -0.39 is 0 Å². The zero-order valence-electron chi connectivity index (χ0n) is 19.7.